The van der Waals surface area contributed by atoms with Gasteiger partial charge >= 0.3 is 0 Å². The number of thiazole rings is 1. The van der Waals surface area contributed by atoms with Gasteiger partial charge in [-0.05, 0) is 55.8 Å². The van der Waals surface area contributed by atoms with Crippen LogP contribution < -0.4 is 10.4 Å². The van der Waals surface area contributed by atoms with Gasteiger partial charge in [-0.15, -0.1) is 16.4 Å². The maximum Gasteiger partial charge on any atom is 0.280 e. The van der Waals surface area contributed by atoms with E-state index in [1.54, 1.807) is 4.68 Å². The van der Waals surface area contributed by atoms with Crippen molar-refractivity contribution in [2.45, 2.75) is 13.8 Å². The highest BCUT2D eigenvalue weighted by Gasteiger charge is 2.18. The van der Waals surface area contributed by atoms with Crippen molar-refractivity contribution in [2.24, 2.45) is 17.3 Å². The summed E-state index contributed by atoms with van der Waals surface area (Å²) in [5.41, 5.74) is 5.58. The summed E-state index contributed by atoms with van der Waals surface area (Å²) in [5.74, 6) is 0. The lowest BCUT2D eigenvalue weighted by Gasteiger charge is -2.09. The van der Waals surface area contributed by atoms with Crippen LogP contribution in [0.3, 0.4) is 0 Å². The maximum atomic E-state index is 13.4. The molecule has 0 aliphatic heterocycles. The molecule has 6 nitrogen and oxygen atoms in total. The van der Waals surface area contributed by atoms with Crippen molar-refractivity contribution in [1.82, 2.24) is 13.9 Å². The Kier molecular flexibility index (Phi) is 6.59. The zero-order valence-corrected chi connectivity index (χ0v) is 21.7. The minimum Gasteiger partial charge on any atom is -0.285 e. The third-order valence-corrected chi connectivity index (χ3v) is 7.13. The molecule has 3 aromatic carbocycles. The average molecular weight is 514 g/mol. The lowest BCUT2D eigenvalue weighted by atomic mass is 10.1. The van der Waals surface area contributed by atoms with Crippen molar-refractivity contribution in [3.05, 3.63) is 122 Å². The van der Waals surface area contributed by atoms with Crippen molar-refractivity contribution < 1.29 is 0 Å². The number of halogens is 1. The molecule has 5 aromatic rings. The largest absolute Gasteiger partial charge is 0.285 e. The predicted octanol–water partition coefficient (Wildman–Crippen LogP) is 5.98. The summed E-state index contributed by atoms with van der Waals surface area (Å²) in [4.78, 5) is 14.1. The molecule has 8 heteroatoms. The molecule has 0 N–H and O–H groups in total. The summed E-state index contributed by atoms with van der Waals surface area (Å²) in [7, 11) is 1.87. The average Bonchev–Trinajstić information content (AvgIpc) is 3.42. The fourth-order valence-corrected chi connectivity index (χ4v) is 5.17. The van der Waals surface area contributed by atoms with Crippen LogP contribution in [0.15, 0.2) is 105 Å². The minimum absolute atomic E-state index is 0.126. The molecule has 5 rings (SSSR count). The van der Waals surface area contributed by atoms with Crippen LogP contribution in [0.1, 0.15) is 18.2 Å². The summed E-state index contributed by atoms with van der Waals surface area (Å²) in [5, 5.41) is 11.8. The van der Waals surface area contributed by atoms with Crippen molar-refractivity contribution in [3.63, 3.8) is 0 Å². The first kappa shape index (κ1) is 23.8. The Balaban J connectivity index is 1.65. The number of nitrogens with zero attached hydrogens (tertiary/aromatic N) is 5. The van der Waals surface area contributed by atoms with Gasteiger partial charge in [-0.2, -0.15) is 5.10 Å². The van der Waals surface area contributed by atoms with Gasteiger partial charge in [0.15, 0.2) is 0 Å². The smallest absolute Gasteiger partial charge is 0.280 e. The van der Waals surface area contributed by atoms with Crippen LogP contribution in [-0.2, 0) is 7.05 Å². The zero-order valence-electron chi connectivity index (χ0n) is 20.1. The summed E-state index contributed by atoms with van der Waals surface area (Å²) >= 11 is 7.63. The normalized spacial score (nSPS) is 12.3. The molecule has 0 aliphatic rings. The summed E-state index contributed by atoms with van der Waals surface area (Å²) < 4.78 is 5.54. The second-order valence-corrected chi connectivity index (χ2v) is 9.58. The molecular weight excluding hydrogens is 490 g/mol. The van der Waals surface area contributed by atoms with Crippen LogP contribution in [0.5, 0.6) is 0 Å². The van der Waals surface area contributed by atoms with E-state index in [0.29, 0.717) is 21.1 Å². The van der Waals surface area contributed by atoms with Crippen molar-refractivity contribution in [2.75, 3.05) is 0 Å². The minimum atomic E-state index is -0.126. The Morgan fingerprint density at radius 1 is 0.889 bits per heavy atom. The Labute approximate surface area is 217 Å². The molecule has 0 aliphatic carbocycles. The van der Waals surface area contributed by atoms with E-state index in [1.807, 2.05) is 103 Å². The third kappa shape index (κ3) is 4.39. The molecule has 180 valence electrons. The SMILES string of the molecule is C/C(=N\N=c1\scc(-c2ccccc2)n1-c1ccc(Cl)cc1)c1c(C)n(C)n(-c2ccccc2)c1=O. The summed E-state index contributed by atoms with van der Waals surface area (Å²) in [6, 6.07) is 27.3. The highest BCUT2D eigenvalue weighted by Crippen LogP contribution is 2.24. The number of aromatic nitrogens is 3. The molecular formula is C28H24ClN5OS. The van der Waals surface area contributed by atoms with E-state index in [4.69, 9.17) is 11.6 Å². The second-order valence-electron chi connectivity index (χ2n) is 8.30. The molecule has 0 spiro atoms. The van der Waals surface area contributed by atoms with Gasteiger partial charge in [0.05, 0.1) is 22.7 Å². The topological polar surface area (TPSA) is 56.6 Å². The van der Waals surface area contributed by atoms with Crippen molar-refractivity contribution in [1.29, 1.82) is 0 Å². The molecule has 0 radical (unpaired) electrons. The predicted molar refractivity (Wildman–Crippen MR) is 148 cm³/mol. The first-order valence-electron chi connectivity index (χ1n) is 11.4. The van der Waals surface area contributed by atoms with E-state index in [2.05, 4.69) is 27.7 Å². The number of rotatable bonds is 5. The van der Waals surface area contributed by atoms with E-state index in [9.17, 15) is 4.79 Å². The number of hydrogen-bond donors (Lipinski definition) is 0. The molecule has 0 saturated heterocycles. The van der Waals surface area contributed by atoms with E-state index >= 15 is 0 Å². The van der Waals surface area contributed by atoms with E-state index < -0.39 is 0 Å². The van der Waals surface area contributed by atoms with Crippen LogP contribution >= 0.6 is 22.9 Å². The van der Waals surface area contributed by atoms with Crippen LogP contribution in [-0.4, -0.2) is 19.6 Å². The first-order chi connectivity index (χ1) is 17.5. The maximum absolute atomic E-state index is 13.4. The van der Waals surface area contributed by atoms with E-state index in [0.717, 1.165) is 28.3 Å². The number of hydrogen-bond acceptors (Lipinski definition) is 4. The van der Waals surface area contributed by atoms with Gasteiger partial charge in [0.2, 0.25) is 4.80 Å². The molecule has 0 atom stereocenters. The van der Waals surface area contributed by atoms with Gasteiger partial charge in [-0.1, -0.05) is 60.1 Å². The molecule has 0 saturated carbocycles. The quantitative estimate of drug-likeness (QED) is 0.210. The van der Waals surface area contributed by atoms with Gasteiger partial charge < -0.3 is 0 Å². The molecule has 0 amide bonds. The van der Waals surface area contributed by atoms with E-state index in [-0.39, 0.29) is 5.56 Å². The van der Waals surface area contributed by atoms with Gasteiger partial charge in [0, 0.05) is 28.8 Å². The highest BCUT2D eigenvalue weighted by molar-refractivity contribution is 7.07. The van der Waals surface area contributed by atoms with Crippen LogP contribution in [0, 0.1) is 6.92 Å². The third-order valence-electron chi connectivity index (χ3n) is 6.06. The fraction of sp³-hybridized carbons (Fsp3) is 0.107. The molecule has 0 bridgehead atoms. The Hall–Kier alpha value is -3.94. The van der Waals surface area contributed by atoms with Crippen molar-refractivity contribution >= 4 is 28.6 Å². The standard InChI is InChI=1S/C28H24ClN5OS/c1-19(26-20(2)32(3)34(27(26)35)24-12-8-5-9-13-24)30-31-28-33(23-16-14-22(29)15-17-23)25(18-36-28)21-10-6-4-7-11-21/h4-18H,1-3H3/b30-19+,31-28+. The Morgan fingerprint density at radius 2 is 1.53 bits per heavy atom. The van der Waals surface area contributed by atoms with Gasteiger partial charge in [0.1, 0.15) is 0 Å². The lowest BCUT2D eigenvalue weighted by Crippen LogP contribution is -2.22. The number of para-hydroxylation sites is 1. The van der Waals surface area contributed by atoms with Gasteiger partial charge in [0.25, 0.3) is 5.56 Å². The highest BCUT2D eigenvalue weighted by atomic mass is 35.5. The fourth-order valence-electron chi connectivity index (χ4n) is 4.18. The van der Waals surface area contributed by atoms with Crippen LogP contribution in [0.25, 0.3) is 22.6 Å². The molecule has 2 aromatic heterocycles. The van der Waals surface area contributed by atoms with Crippen molar-refractivity contribution in [3.8, 4) is 22.6 Å². The molecule has 0 fully saturated rings. The Morgan fingerprint density at radius 3 is 2.19 bits per heavy atom. The Bertz CT molecular complexity index is 1670. The molecule has 2 heterocycles. The zero-order chi connectivity index (χ0) is 25.2. The monoisotopic (exact) mass is 513 g/mol. The summed E-state index contributed by atoms with van der Waals surface area (Å²) in [6.07, 6.45) is 0. The number of benzene rings is 3. The second kappa shape index (κ2) is 9.97. The van der Waals surface area contributed by atoms with Crippen LogP contribution in [0.2, 0.25) is 5.02 Å². The van der Waals surface area contributed by atoms with E-state index in [1.165, 1.54) is 11.3 Å². The van der Waals surface area contributed by atoms with Gasteiger partial charge in [-0.25, -0.2) is 4.68 Å². The van der Waals surface area contributed by atoms with Gasteiger partial charge in [-0.3, -0.25) is 14.0 Å². The van der Waals surface area contributed by atoms with Crippen LogP contribution in [0.4, 0.5) is 0 Å². The lowest BCUT2D eigenvalue weighted by molar-refractivity contribution is 0.630. The molecule has 0 unspecified atom stereocenters. The first-order valence-corrected chi connectivity index (χ1v) is 12.7. The molecule has 36 heavy (non-hydrogen) atoms. The summed E-state index contributed by atoms with van der Waals surface area (Å²) in [6.45, 7) is 3.74.